The van der Waals surface area contributed by atoms with Crippen LogP contribution < -0.4 is 15.5 Å². The van der Waals surface area contributed by atoms with Gasteiger partial charge in [-0.3, -0.25) is 9.59 Å². The third-order valence-electron chi connectivity index (χ3n) is 4.34. The van der Waals surface area contributed by atoms with Gasteiger partial charge in [-0.15, -0.1) is 0 Å². The maximum atomic E-state index is 12.8. The number of benzene rings is 3. The summed E-state index contributed by atoms with van der Waals surface area (Å²) in [6, 6.07) is 23.6. The third kappa shape index (κ3) is 5.59. The van der Waals surface area contributed by atoms with Crippen molar-refractivity contribution in [2.45, 2.75) is 6.92 Å². The van der Waals surface area contributed by atoms with Gasteiger partial charge in [-0.1, -0.05) is 29.8 Å². The molecular formula is C23H22ClN3O2. The summed E-state index contributed by atoms with van der Waals surface area (Å²) >= 11 is 5.85. The number of carbonyl (C=O) groups excluding carboxylic acids is 2. The number of hydrogen-bond acceptors (Lipinski definition) is 3. The van der Waals surface area contributed by atoms with Gasteiger partial charge in [-0.05, 0) is 67.6 Å². The number of hydrogen-bond donors (Lipinski definition) is 2. The Kier molecular flexibility index (Phi) is 6.87. The molecule has 5 nitrogen and oxygen atoms in total. The Morgan fingerprint density at radius 3 is 2.10 bits per heavy atom. The van der Waals surface area contributed by atoms with E-state index < -0.39 is 0 Å². The number of para-hydroxylation sites is 1. The highest BCUT2D eigenvalue weighted by atomic mass is 35.5. The molecule has 2 amide bonds. The Labute approximate surface area is 175 Å². The summed E-state index contributed by atoms with van der Waals surface area (Å²) < 4.78 is 0. The first-order valence-corrected chi connectivity index (χ1v) is 9.71. The van der Waals surface area contributed by atoms with Crippen LogP contribution in [0, 0.1) is 0 Å². The molecule has 29 heavy (non-hydrogen) atoms. The Balaban J connectivity index is 1.58. The number of carbonyl (C=O) groups is 2. The molecule has 0 fully saturated rings. The lowest BCUT2D eigenvalue weighted by Gasteiger charge is -2.21. The molecule has 3 aromatic rings. The Bertz CT molecular complexity index is 958. The van der Waals surface area contributed by atoms with Crippen LogP contribution in [0.5, 0.6) is 0 Å². The van der Waals surface area contributed by atoms with E-state index in [1.165, 1.54) is 0 Å². The normalized spacial score (nSPS) is 10.3. The van der Waals surface area contributed by atoms with Crippen LogP contribution in [-0.2, 0) is 4.79 Å². The van der Waals surface area contributed by atoms with Gasteiger partial charge in [0.05, 0.1) is 6.54 Å². The van der Waals surface area contributed by atoms with Gasteiger partial charge in [0.1, 0.15) is 0 Å². The van der Waals surface area contributed by atoms with E-state index in [4.69, 9.17) is 11.6 Å². The summed E-state index contributed by atoms with van der Waals surface area (Å²) in [4.78, 5) is 26.7. The first-order chi connectivity index (χ1) is 14.1. The summed E-state index contributed by atoms with van der Waals surface area (Å²) in [5.74, 6) is -0.264. The van der Waals surface area contributed by atoms with E-state index in [1.807, 2.05) is 49.4 Å². The summed E-state index contributed by atoms with van der Waals surface area (Å²) in [5.41, 5.74) is 2.86. The summed E-state index contributed by atoms with van der Waals surface area (Å²) in [6.07, 6.45) is 0. The zero-order chi connectivity index (χ0) is 20.6. The molecule has 3 aromatic carbocycles. The van der Waals surface area contributed by atoms with Crippen molar-refractivity contribution < 1.29 is 9.59 Å². The number of nitrogens with one attached hydrogen (secondary N) is 2. The van der Waals surface area contributed by atoms with Crippen molar-refractivity contribution >= 4 is 40.5 Å². The van der Waals surface area contributed by atoms with Crippen LogP contribution in [0.3, 0.4) is 0 Å². The fourth-order valence-electron chi connectivity index (χ4n) is 2.86. The van der Waals surface area contributed by atoms with Gasteiger partial charge in [-0.25, -0.2) is 0 Å². The van der Waals surface area contributed by atoms with Crippen molar-refractivity contribution in [3.05, 3.63) is 89.4 Å². The lowest BCUT2D eigenvalue weighted by molar-refractivity contribution is -0.114. The van der Waals surface area contributed by atoms with Crippen LogP contribution in [0.25, 0.3) is 0 Å². The van der Waals surface area contributed by atoms with Crippen LogP contribution in [0.2, 0.25) is 5.02 Å². The molecule has 0 aromatic heterocycles. The molecule has 0 aliphatic carbocycles. The van der Waals surface area contributed by atoms with Crippen molar-refractivity contribution in [2.24, 2.45) is 0 Å². The van der Waals surface area contributed by atoms with E-state index in [9.17, 15) is 9.59 Å². The maximum absolute atomic E-state index is 12.8. The zero-order valence-electron chi connectivity index (χ0n) is 16.1. The molecule has 0 bridgehead atoms. The molecule has 2 N–H and O–H groups in total. The quantitative estimate of drug-likeness (QED) is 0.575. The molecule has 0 saturated carbocycles. The molecule has 6 heteroatoms. The molecule has 0 atom stereocenters. The fourth-order valence-corrected chi connectivity index (χ4v) is 2.98. The highest BCUT2D eigenvalue weighted by Crippen LogP contribution is 2.18. The van der Waals surface area contributed by atoms with Crippen LogP contribution in [0.15, 0.2) is 78.9 Å². The number of halogens is 1. The summed E-state index contributed by atoms with van der Waals surface area (Å²) in [7, 11) is 0. The van der Waals surface area contributed by atoms with Crippen LogP contribution in [0.4, 0.5) is 17.1 Å². The average molecular weight is 408 g/mol. The van der Waals surface area contributed by atoms with Crippen molar-refractivity contribution in [1.82, 2.24) is 0 Å². The molecule has 0 aliphatic rings. The van der Waals surface area contributed by atoms with E-state index in [0.717, 1.165) is 11.4 Å². The number of amides is 2. The SMILES string of the molecule is CCN(C(=O)c1ccc(NC(=O)CNc2ccc(Cl)cc2)cc1)c1ccccc1. The molecule has 148 valence electrons. The lowest BCUT2D eigenvalue weighted by atomic mass is 10.1. The van der Waals surface area contributed by atoms with E-state index in [2.05, 4.69) is 10.6 Å². The number of nitrogens with zero attached hydrogens (tertiary/aromatic N) is 1. The van der Waals surface area contributed by atoms with Gasteiger partial charge in [0.25, 0.3) is 5.91 Å². The topological polar surface area (TPSA) is 61.4 Å². The predicted octanol–water partition coefficient (Wildman–Crippen LogP) is 5.06. The minimum absolute atomic E-state index is 0.0824. The van der Waals surface area contributed by atoms with E-state index in [1.54, 1.807) is 41.3 Å². The monoisotopic (exact) mass is 407 g/mol. The number of anilines is 3. The van der Waals surface area contributed by atoms with E-state index in [-0.39, 0.29) is 18.4 Å². The van der Waals surface area contributed by atoms with Crippen molar-refractivity contribution in [3.8, 4) is 0 Å². The highest BCUT2D eigenvalue weighted by Gasteiger charge is 2.15. The maximum Gasteiger partial charge on any atom is 0.258 e. The molecule has 0 heterocycles. The van der Waals surface area contributed by atoms with Crippen molar-refractivity contribution in [2.75, 3.05) is 28.6 Å². The van der Waals surface area contributed by atoms with Gasteiger partial charge in [-0.2, -0.15) is 0 Å². The second-order valence-corrected chi connectivity index (χ2v) is 6.81. The lowest BCUT2D eigenvalue weighted by Crippen LogP contribution is -2.30. The molecule has 0 unspecified atom stereocenters. The summed E-state index contributed by atoms with van der Waals surface area (Å²) in [6.45, 7) is 2.63. The van der Waals surface area contributed by atoms with Gasteiger partial charge in [0, 0.05) is 34.2 Å². The Morgan fingerprint density at radius 2 is 1.48 bits per heavy atom. The highest BCUT2D eigenvalue weighted by molar-refractivity contribution is 6.30. The molecule has 0 aliphatic heterocycles. The zero-order valence-corrected chi connectivity index (χ0v) is 16.8. The van der Waals surface area contributed by atoms with Gasteiger partial charge in [0.15, 0.2) is 0 Å². The smallest absolute Gasteiger partial charge is 0.258 e. The molecular weight excluding hydrogens is 386 g/mol. The molecule has 0 radical (unpaired) electrons. The number of rotatable bonds is 7. The largest absolute Gasteiger partial charge is 0.376 e. The van der Waals surface area contributed by atoms with Gasteiger partial charge < -0.3 is 15.5 Å². The van der Waals surface area contributed by atoms with Crippen LogP contribution in [-0.4, -0.2) is 24.9 Å². The first kappa shape index (κ1) is 20.4. The van der Waals surface area contributed by atoms with Crippen molar-refractivity contribution in [3.63, 3.8) is 0 Å². The third-order valence-corrected chi connectivity index (χ3v) is 4.59. The molecule has 3 rings (SSSR count). The Hall–Kier alpha value is -3.31. The standard InChI is InChI=1S/C23H22ClN3O2/c1-2-27(21-6-4-3-5-7-21)23(29)17-8-12-20(13-9-17)26-22(28)16-25-19-14-10-18(24)11-15-19/h3-15,25H,2,16H2,1H3,(H,26,28). The second kappa shape index (κ2) is 9.75. The molecule has 0 spiro atoms. The van der Waals surface area contributed by atoms with Crippen LogP contribution in [0.1, 0.15) is 17.3 Å². The Morgan fingerprint density at radius 1 is 0.862 bits per heavy atom. The average Bonchev–Trinajstić information content (AvgIpc) is 2.75. The molecule has 0 saturated heterocycles. The van der Waals surface area contributed by atoms with E-state index in [0.29, 0.717) is 22.8 Å². The fraction of sp³-hybridized carbons (Fsp3) is 0.130. The summed E-state index contributed by atoms with van der Waals surface area (Å²) in [5, 5.41) is 6.49. The van der Waals surface area contributed by atoms with Gasteiger partial charge in [0.2, 0.25) is 5.91 Å². The minimum atomic E-state index is -0.182. The minimum Gasteiger partial charge on any atom is -0.376 e. The van der Waals surface area contributed by atoms with Gasteiger partial charge >= 0.3 is 0 Å². The van der Waals surface area contributed by atoms with E-state index >= 15 is 0 Å². The van der Waals surface area contributed by atoms with Crippen molar-refractivity contribution in [1.29, 1.82) is 0 Å². The predicted molar refractivity (Wildman–Crippen MR) is 119 cm³/mol. The van der Waals surface area contributed by atoms with Crippen LogP contribution >= 0.6 is 11.6 Å². The second-order valence-electron chi connectivity index (χ2n) is 6.37. The first-order valence-electron chi connectivity index (χ1n) is 9.33.